The first-order chi connectivity index (χ1) is 16.8. The van der Waals surface area contributed by atoms with E-state index in [1.165, 1.54) is 7.11 Å². The molecule has 0 aliphatic carbocycles. The minimum Gasteiger partial charge on any atom is -0.461 e. The molecule has 0 unspecified atom stereocenters. The van der Waals surface area contributed by atoms with Gasteiger partial charge in [-0.15, -0.1) is 0 Å². The average molecular weight is 511 g/mol. The fourth-order valence-electron chi connectivity index (χ4n) is 3.70. The molecule has 0 bridgehead atoms. The van der Waals surface area contributed by atoms with E-state index in [4.69, 9.17) is 28.4 Å². The fraction of sp³-hybridized carbons (Fsp3) is 0.778. The maximum atomic E-state index is 12.5. The van der Waals surface area contributed by atoms with Gasteiger partial charge in [0.25, 0.3) is 0 Å². The molecule has 9 heteroatoms. The van der Waals surface area contributed by atoms with Crippen molar-refractivity contribution in [3.8, 4) is 11.8 Å². The monoisotopic (exact) mass is 510 g/mol. The van der Waals surface area contributed by atoms with Crippen LogP contribution in [0.15, 0.2) is 12.2 Å². The van der Waals surface area contributed by atoms with Crippen LogP contribution in [0.1, 0.15) is 54.4 Å². The second-order valence-electron chi connectivity index (χ2n) is 11.2. The molecule has 0 spiro atoms. The Hall–Kier alpha value is -1.96. The highest BCUT2D eigenvalue weighted by Gasteiger charge is 2.46. The molecule has 0 radical (unpaired) electrons. The van der Waals surface area contributed by atoms with E-state index in [0.29, 0.717) is 19.4 Å². The molecular weight excluding hydrogens is 468 g/mol. The first kappa shape index (κ1) is 30.3. The van der Waals surface area contributed by atoms with E-state index in [1.807, 2.05) is 0 Å². The second kappa shape index (κ2) is 13.0. The zero-order valence-electron chi connectivity index (χ0n) is 22.7. The molecule has 2 heterocycles. The Bertz CT molecular complexity index is 827. The molecule has 0 aromatic heterocycles. The molecule has 0 aromatic carbocycles. The highest BCUT2D eigenvalue weighted by Crippen LogP contribution is 2.30. The Kier molecular flexibility index (Phi) is 10.9. The lowest BCUT2D eigenvalue weighted by Gasteiger charge is -2.43. The Morgan fingerprint density at radius 3 is 2.33 bits per heavy atom. The van der Waals surface area contributed by atoms with E-state index in [-0.39, 0.29) is 12.7 Å². The average Bonchev–Trinajstić information content (AvgIpc) is 3.00. The summed E-state index contributed by atoms with van der Waals surface area (Å²) in [5, 5.41) is 11.0. The Labute approximate surface area is 214 Å². The van der Waals surface area contributed by atoms with Crippen molar-refractivity contribution in [1.82, 2.24) is 0 Å². The number of carbonyl (C=O) groups excluding carboxylic acids is 2. The van der Waals surface area contributed by atoms with Gasteiger partial charge in [0.2, 0.25) is 0 Å². The summed E-state index contributed by atoms with van der Waals surface area (Å²) in [6.45, 7) is 10.8. The lowest BCUT2D eigenvalue weighted by molar-refractivity contribution is -0.243. The molecule has 2 aliphatic rings. The molecule has 1 N–H and O–H groups in total. The fourth-order valence-corrected chi connectivity index (χ4v) is 3.70. The summed E-state index contributed by atoms with van der Waals surface area (Å²) in [4.78, 5) is 24.8. The summed E-state index contributed by atoms with van der Waals surface area (Å²) in [5.41, 5.74) is -1.42. The first-order valence-corrected chi connectivity index (χ1v) is 12.3. The van der Waals surface area contributed by atoms with E-state index in [0.717, 1.165) is 0 Å². The number of aliphatic hydroxyl groups excluding tert-OH is 1. The van der Waals surface area contributed by atoms with Gasteiger partial charge in [-0.25, -0.2) is 0 Å². The number of hydrogen-bond acceptors (Lipinski definition) is 9. The molecule has 0 aromatic rings. The quantitative estimate of drug-likeness (QED) is 0.284. The van der Waals surface area contributed by atoms with Gasteiger partial charge in [-0.3, -0.25) is 9.59 Å². The van der Waals surface area contributed by atoms with Gasteiger partial charge in [0.1, 0.15) is 31.0 Å². The van der Waals surface area contributed by atoms with Crippen LogP contribution in [0, 0.1) is 22.7 Å². The second-order valence-corrected chi connectivity index (χ2v) is 11.2. The largest absolute Gasteiger partial charge is 0.461 e. The summed E-state index contributed by atoms with van der Waals surface area (Å²) in [7, 11) is 3.13. The number of carbonyl (C=O) groups is 2. The molecule has 36 heavy (non-hydrogen) atoms. The highest BCUT2D eigenvalue weighted by atomic mass is 16.6. The molecule has 7 atom stereocenters. The zero-order chi connectivity index (χ0) is 27.1. The zero-order valence-corrected chi connectivity index (χ0v) is 22.7. The van der Waals surface area contributed by atoms with E-state index in [9.17, 15) is 14.7 Å². The molecule has 9 nitrogen and oxygen atoms in total. The van der Waals surface area contributed by atoms with E-state index >= 15 is 0 Å². The maximum absolute atomic E-state index is 12.5. The van der Waals surface area contributed by atoms with E-state index in [2.05, 4.69) is 11.8 Å². The third kappa shape index (κ3) is 8.56. The third-order valence-corrected chi connectivity index (χ3v) is 5.85. The van der Waals surface area contributed by atoms with Crippen molar-refractivity contribution in [3.63, 3.8) is 0 Å². The lowest BCUT2D eigenvalue weighted by Crippen LogP contribution is -2.59. The molecule has 2 rings (SSSR count). The van der Waals surface area contributed by atoms with Crippen LogP contribution in [0.3, 0.4) is 0 Å². The molecule has 1 fully saturated rings. The molecule has 0 amide bonds. The van der Waals surface area contributed by atoms with E-state index in [1.54, 1.807) is 60.8 Å². The van der Waals surface area contributed by atoms with Gasteiger partial charge < -0.3 is 33.5 Å². The van der Waals surface area contributed by atoms with Crippen molar-refractivity contribution in [3.05, 3.63) is 12.2 Å². The minimum atomic E-state index is -0.935. The number of hydrogen-bond donors (Lipinski definition) is 1. The standard InChI is InChI=1S/C27H42O9/c1-26(2,3)24(29)33-16-18(35-25(30)27(4,5)6)13-12-17-10-9-11-19-23(34-17)21(28)22(32-8)20(36-19)14-15-31-7/h12-13,17-23,28H,11,14-16H2,1-8H3/b13-12+/t17-,18+,19+,20-,21+,22-,23+/m1/s1. The van der Waals surface area contributed by atoms with Crippen molar-refractivity contribution < 1.29 is 43.1 Å². The van der Waals surface area contributed by atoms with Crippen LogP contribution >= 0.6 is 0 Å². The van der Waals surface area contributed by atoms with Gasteiger partial charge in [0.05, 0.1) is 23.0 Å². The van der Waals surface area contributed by atoms with Crippen LogP contribution in [-0.2, 0) is 38.0 Å². The maximum Gasteiger partial charge on any atom is 0.311 e. The van der Waals surface area contributed by atoms with Crippen LogP contribution in [0.25, 0.3) is 0 Å². The number of fused-ring (bicyclic) bond motifs is 1. The smallest absolute Gasteiger partial charge is 0.311 e. The number of methoxy groups -OCH3 is 2. The number of aliphatic hydroxyl groups is 1. The van der Waals surface area contributed by atoms with Crippen LogP contribution in [0.5, 0.6) is 0 Å². The number of ether oxygens (including phenoxy) is 6. The Morgan fingerprint density at radius 1 is 1.08 bits per heavy atom. The SMILES string of the molecule is COCC[C@H]1O[C@H]2CC#C[C@H](/C=C/[C@@H](COC(=O)C(C)(C)C)OC(=O)C(C)(C)C)O[C@@H]2[C@@H](O)[C@@H]1OC. The lowest BCUT2D eigenvalue weighted by atomic mass is 9.92. The van der Waals surface area contributed by atoms with Gasteiger partial charge in [0.15, 0.2) is 6.10 Å². The van der Waals surface area contributed by atoms with Crippen LogP contribution in [0.2, 0.25) is 0 Å². The summed E-state index contributed by atoms with van der Waals surface area (Å²) in [6, 6.07) is 0. The van der Waals surface area contributed by atoms with Crippen LogP contribution < -0.4 is 0 Å². The van der Waals surface area contributed by atoms with Crippen LogP contribution in [-0.4, -0.2) is 87.2 Å². The topological polar surface area (TPSA) is 110 Å². The molecule has 2 aliphatic heterocycles. The third-order valence-electron chi connectivity index (χ3n) is 5.85. The van der Waals surface area contributed by atoms with Crippen molar-refractivity contribution in [2.45, 2.75) is 97.1 Å². The summed E-state index contributed by atoms with van der Waals surface area (Å²) in [5.74, 6) is 5.23. The predicted octanol–water partition coefficient (Wildman–Crippen LogP) is 2.43. The molecular formula is C27H42O9. The van der Waals surface area contributed by atoms with Gasteiger partial charge in [0, 0.05) is 27.2 Å². The highest BCUT2D eigenvalue weighted by molar-refractivity contribution is 5.76. The Morgan fingerprint density at radius 2 is 1.75 bits per heavy atom. The van der Waals surface area contributed by atoms with Gasteiger partial charge in [-0.1, -0.05) is 11.8 Å². The van der Waals surface area contributed by atoms with E-state index < -0.39 is 59.4 Å². The van der Waals surface area contributed by atoms with Crippen LogP contribution in [0.4, 0.5) is 0 Å². The normalized spacial score (nSPS) is 29.5. The van der Waals surface area contributed by atoms with Gasteiger partial charge in [-0.2, -0.15) is 0 Å². The number of rotatable bonds is 9. The molecule has 204 valence electrons. The predicted molar refractivity (Wildman–Crippen MR) is 132 cm³/mol. The number of esters is 2. The Balaban J connectivity index is 2.14. The van der Waals surface area contributed by atoms with Gasteiger partial charge >= 0.3 is 11.9 Å². The minimum absolute atomic E-state index is 0.140. The van der Waals surface area contributed by atoms with Gasteiger partial charge in [-0.05, 0) is 60.1 Å². The first-order valence-electron chi connectivity index (χ1n) is 12.3. The van der Waals surface area contributed by atoms with Crippen molar-refractivity contribution >= 4 is 11.9 Å². The summed E-state index contributed by atoms with van der Waals surface area (Å²) >= 11 is 0. The summed E-state index contributed by atoms with van der Waals surface area (Å²) < 4.78 is 33.9. The molecule has 0 saturated carbocycles. The van der Waals surface area contributed by atoms with Crippen molar-refractivity contribution in [2.24, 2.45) is 10.8 Å². The summed E-state index contributed by atoms with van der Waals surface area (Å²) in [6.07, 6.45) is -0.291. The molecule has 1 saturated heterocycles. The van der Waals surface area contributed by atoms with Crippen molar-refractivity contribution in [2.75, 3.05) is 27.4 Å². The van der Waals surface area contributed by atoms with Crippen molar-refractivity contribution in [1.29, 1.82) is 0 Å².